The third kappa shape index (κ3) is 5.40. The van der Waals surface area contributed by atoms with E-state index >= 15 is 0 Å². The summed E-state index contributed by atoms with van der Waals surface area (Å²) in [6.07, 6.45) is 0.860. The summed E-state index contributed by atoms with van der Waals surface area (Å²) in [5, 5.41) is 12.6. The molecule has 9 nitrogen and oxygen atoms in total. The fraction of sp³-hybridized carbons (Fsp3) is 0.542. The Bertz CT molecular complexity index is 1110. The predicted octanol–water partition coefficient (Wildman–Crippen LogP) is 1.73. The van der Waals surface area contributed by atoms with Crippen LogP contribution in [0.25, 0.3) is 0 Å². The zero-order valence-electron chi connectivity index (χ0n) is 20.0. The minimum Gasteiger partial charge on any atom is -0.492 e. The first-order chi connectivity index (χ1) is 15.9. The molecule has 1 aromatic heterocycles. The molecule has 1 N–H and O–H groups in total. The molecule has 1 saturated heterocycles. The molecule has 3 rings (SSSR count). The Morgan fingerprint density at radius 2 is 1.82 bits per heavy atom. The normalized spacial score (nSPS) is 15.2. The van der Waals surface area contributed by atoms with E-state index in [4.69, 9.17) is 4.74 Å². The van der Waals surface area contributed by atoms with Crippen LogP contribution in [0.2, 0.25) is 0 Å². The zero-order chi connectivity index (χ0) is 24.0. The summed E-state index contributed by atoms with van der Waals surface area (Å²) in [6, 6.07) is 10.3. The van der Waals surface area contributed by atoms with E-state index in [2.05, 4.69) is 27.3 Å². The van der Waals surface area contributed by atoms with Crippen molar-refractivity contribution in [1.82, 2.24) is 14.0 Å². The second-order valence-corrected chi connectivity index (χ2v) is 8.33. The molecule has 1 unspecified atom stereocenters. The van der Waals surface area contributed by atoms with Crippen molar-refractivity contribution in [2.24, 2.45) is 14.1 Å². The van der Waals surface area contributed by atoms with E-state index in [0.29, 0.717) is 24.5 Å². The summed E-state index contributed by atoms with van der Waals surface area (Å²) in [5.74, 6) is 0.764. The van der Waals surface area contributed by atoms with Crippen LogP contribution < -0.4 is 26.2 Å². The van der Waals surface area contributed by atoms with E-state index < -0.39 is 17.2 Å². The molecule has 33 heavy (non-hydrogen) atoms. The number of piperazine rings is 1. The summed E-state index contributed by atoms with van der Waals surface area (Å²) in [7, 11) is 3.06. The van der Waals surface area contributed by atoms with Crippen LogP contribution in [-0.4, -0.2) is 59.9 Å². The van der Waals surface area contributed by atoms with E-state index in [9.17, 15) is 14.9 Å². The molecule has 0 amide bonds. The van der Waals surface area contributed by atoms with Gasteiger partial charge in [-0.2, -0.15) is 5.26 Å². The molecule has 1 fully saturated rings. The SMILES string of the molecule is CCOc1ccccc1N1CCN(CCCNc2c(C(C)C#N)c(=O)n(C)c(=O)n2C)CC1. The fourth-order valence-corrected chi connectivity index (χ4v) is 4.26. The monoisotopic (exact) mass is 454 g/mol. The number of nitrogens with one attached hydrogen (secondary N) is 1. The summed E-state index contributed by atoms with van der Waals surface area (Å²) < 4.78 is 8.24. The average Bonchev–Trinajstić information content (AvgIpc) is 2.84. The quantitative estimate of drug-likeness (QED) is 0.577. The molecule has 2 heterocycles. The first-order valence-electron chi connectivity index (χ1n) is 11.5. The van der Waals surface area contributed by atoms with Gasteiger partial charge in [-0.1, -0.05) is 12.1 Å². The first-order valence-corrected chi connectivity index (χ1v) is 11.5. The van der Waals surface area contributed by atoms with Gasteiger partial charge in [-0.15, -0.1) is 0 Å². The fourth-order valence-electron chi connectivity index (χ4n) is 4.26. The number of aromatic nitrogens is 2. The molecule has 0 radical (unpaired) electrons. The van der Waals surface area contributed by atoms with Gasteiger partial charge in [-0.25, -0.2) is 4.79 Å². The van der Waals surface area contributed by atoms with Crippen molar-refractivity contribution in [3.05, 3.63) is 50.7 Å². The summed E-state index contributed by atoms with van der Waals surface area (Å²) >= 11 is 0. The zero-order valence-corrected chi connectivity index (χ0v) is 20.0. The Balaban J connectivity index is 1.56. The molecule has 0 bridgehead atoms. The third-order valence-electron chi connectivity index (χ3n) is 6.15. The molecular formula is C24H34N6O3. The molecule has 0 aliphatic carbocycles. The van der Waals surface area contributed by atoms with Gasteiger partial charge in [0.15, 0.2) is 0 Å². The van der Waals surface area contributed by atoms with Gasteiger partial charge in [-0.05, 0) is 38.9 Å². The number of para-hydroxylation sites is 2. The van der Waals surface area contributed by atoms with Gasteiger partial charge in [0.25, 0.3) is 5.56 Å². The number of rotatable bonds is 9. The Morgan fingerprint density at radius 3 is 2.48 bits per heavy atom. The van der Waals surface area contributed by atoms with Crippen LogP contribution in [0.15, 0.2) is 33.9 Å². The van der Waals surface area contributed by atoms with Gasteiger partial charge >= 0.3 is 5.69 Å². The van der Waals surface area contributed by atoms with Crippen molar-refractivity contribution in [2.45, 2.75) is 26.2 Å². The van der Waals surface area contributed by atoms with Gasteiger partial charge in [-0.3, -0.25) is 18.8 Å². The molecule has 1 aromatic carbocycles. The lowest BCUT2D eigenvalue weighted by atomic mass is 10.0. The van der Waals surface area contributed by atoms with Crippen LogP contribution in [0, 0.1) is 11.3 Å². The van der Waals surface area contributed by atoms with Crippen LogP contribution >= 0.6 is 0 Å². The van der Waals surface area contributed by atoms with E-state index in [0.717, 1.165) is 55.1 Å². The first kappa shape index (κ1) is 24.4. The molecule has 0 saturated carbocycles. The second kappa shape index (κ2) is 11.1. The number of hydrogen-bond donors (Lipinski definition) is 1. The van der Waals surface area contributed by atoms with Crippen LogP contribution in [-0.2, 0) is 14.1 Å². The third-order valence-corrected chi connectivity index (χ3v) is 6.15. The molecule has 0 spiro atoms. The maximum absolute atomic E-state index is 12.6. The standard InChI is InChI=1S/C24H34N6O3/c1-5-33-20-10-7-6-9-19(20)30-15-13-29(14-16-30)12-8-11-26-22-21(18(2)17-25)23(31)28(4)24(32)27(22)3/h6-7,9-10,18,26H,5,8,11-16H2,1-4H3. The second-order valence-electron chi connectivity index (χ2n) is 8.33. The minimum atomic E-state index is -0.606. The summed E-state index contributed by atoms with van der Waals surface area (Å²) in [5.41, 5.74) is 0.660. The highest BCUT2D eigenvalue weighted by atomic mass is 16.5. The Labute approximate surface area is 194 Å². The van der Waals surface area contributed by atoms with Crippen molar-refractivity contribution < 1.29 is 4.74 Å². The van der Waals surface area contributed by atoms with E-state index in [1.54, 1.807) is 14.0 Å². The van der Waals surface area contributed by atoms with Crippen molar-refractivity contribution in [3.63, 3.8) is 0 Å². The molecule has 1 aliphatic heterocycles. The predicted molar refractivity (Wildman–Crippen MR) is 130 cm³/mol. The highest BCUT2D eigenvalue weighted by molar-refractivity contribution is 5.58. The van der Waals surface area contributed by atoms with Gasteiger partial charge in [0.05, 0.1) is 29.8 Å². The number of nitriles is 1. The van der Waals surface area contributed by atoms with Gasteiger partial charge in [0.1, 0.15) is 11.6 Å². The summed E-state index contributed by atoms with van der Waals surface area (Å²) in [6.45, 7) is 9.64. The number of ether oxygens (including phenoxy) is 1. The van der Waals surface area contributed by atoms with Crippen molar-refractivity contribution in [3.8, 4) is 11.8 Å². The number of benzene rings is 1. The van der Waals surface area contributed by atoms with E-state index in [1.165, 1.54) is 11.6 Å². The average molecular weight is 455 g/mol. The Morgan fingerprint density at radius 1 is 1.12 bits per heavy atom. The maximum Gasteiger partial charge on any atom is 0.332 e. The van der Waals surface area contributed by atoms with Gasteiger partial charge < -0.3 is 15.0 Å². The van der Waals surface area contributed by atoms with Crippen LogP contribution in [0.1, 0.15) is 31.7 Å². The van der Waals surface area contributed by atoms with Gasteiger partial charge in [0.2, 0.25) is 0 Å². The largest absolute Gasteiger partial charge is 0.492 e. The highest BCUT2D eigenvalue weighted by Crippen LogP contribution is 2.28. The van der Waals surface area contributed by atoms with Gasteiger partial charge in [0, 0.05) is 46.8 Å². The molecule has 1 atom stereocenters. The number of hydrogen-bond acceptors (Lipinski definition) is 7. The Kier molecular flexibility index (Phi) is 8.17. The maximum atomic E-state index is 12.6. The molecule has 2 aromatic rings. The lowest BCUT2D eigenvalue weighted by Gasteiger charge is -2.36. The molecule has 1 aliphatic rings. The van der Waals surface area contributed by atoms with Crippen LogP contribution in [0.4, 0.5) is 11.5 Å². The van der Waals surface area contributed by atoms with Crippen molar-refractivity contribution >= 4 is 11.5 Å². The van der Waals surface area contributed by atoms with E-state index in [1.807, 2.05) is 25.1 Å². The number of anilines is 2. The van der Waals surface area contributed by atoms with E-state index in [-0.39, 0.29) is 0 Å². The number of nitrogens with zero attached hydrogens (tertiary/aromatic N) is 5. The molecular weight excluding hydrogens is 420 g/mol. The topological polar surface area (TPSA) is 95.5 Å². The van der Waals surface area contributed by atoms with Crippen molar-refractivity contribution in [2.75, 3.05) is 56.1 Å². The lowest BCUT2D eigenvalue weighted by molar-refractivity contribution is 0.255. The molecule has 178 valence electrons. The Hall–Kier alpha value is -3.25. The minimum absolute atomic E-state index is 0.337. The van der Waals surface area contributed by atoms with Crippen LogP contribution in [0.3, 0.4) is 0 Å². The smallest absolute Gasteiger partial charge is 0.332 e. The lowest BCUT2D eigenvalue weighted by Crippen LogP contribution is -2.47. The van der Waals surface area contributed by atoms with Crippen molar-refractivity contribution in [1.29, 1.82) is 5.26 Å². The molecule has 9 heteroatoms. The van der Waals surface area contributed by atoms with Crippen LogP contribution in [0.5, 0.6) is 5.75 Å². The highest BCUT2D eigenvalue weighted by Gasteiger charge is 2.21. The summed E-state index contributed by atoms with van der Waals surface area (Å²) in [4.78, 5) is 29.7.